The van der Waals surface area contributed by atoms with E-state index in [-0.39, 0.29) is 6.09 Å². The van der Waals surface area contributed by atoms with Crippen LogP contribution in [0.2, 0.25) is 0 Å². The molecule has 1 N–H and O–H groups in total. The maximum atomic E-state index is 10.7. The molecule has 1 amide bonds. The topological polar surface area (TPSA) is 49.8 Å². The summed E-state index contributed by atoms with van der Waals surface area (Å²) >= 11 is 0. The Hall–Kier alpha value is -1.19. The summed E-state index contributed by atoms with van der Waals surface area (Å²) in [5, 5.41) is 7.89. The molecule has 0 bridgehead atoms. The average molecular weight is 201 g/mol. The van der Waals surface area contributed by atoms with Crippen molar-refractivity contribution in [3.63, 3.8) is 0 Å². The molecule has 82 valence electrons. The zero-order chi connectivity index (χ0) is 10.8. The van der Waals surface area contributed by atoms with Crippen molar-refractivity contribution in [2.24, 2.45) is 0 Å². The molecule has 4 nitrogen and oxygen atoms in total. The summed E-state index contributed by atoms with van der Waals surface area (Å²) in [4.78, 5) is 12.4. The number of carbonyl (C=O) groups excluding carboxylic acids is 1. The molecule has 0 aliphatic carbocycles. The van der Waals surface area contributed by atoms with E-state index in [1.165, 1.54) is 0 Å². The quantitative estimate of drug-likeness (QED) is 0.697. The Labute approximate surface area is 85.2 Å². The molecule has 1 fully saturated rings. The van der Waals surface area contributed by atoms with E-state index in [2.05, 4.69) is 0 Å². The largest absolute Gasteiger partial charge is 0.516 e. The molecule has 0 saturated carbocycles. The van der Waals surface area contributed by atoms with Gasteiger partial charge in [-0.15, -0.1) is 0 Å². The summed E-state index contributed by atoms with van der Waals surface area (Å²) < 4.78 is 4.73. The molecule has 1 saturated heterocycles. The number of carbonyl (C=O) groups is 1. The summed E-state index contributed by atoms with van der Waals surface area (Å²) in [5.74, 6) is 0. The molecular formula is C10H19NO3. The molecule has 0 unspecified atom stereocenters. The lowest BCUT2D eigenvalue weighted by Gasteiger charge is -2.29. The summed E-state index contributed by atoms with van der Waals surface area (Å²) in [6.07, 6.45) is 4.61. The van der Waals surface area contributed by atoms with Crippen LogP contribution in [0, 0.1) is 0 Å². The van der Waals surface area contributed by atoms with Crippen LogP contribution in [0.1, 0.15) is 26.7 Å². The van der Waals surface area contributed by atoms with E-state index < -0.39 is 0 Å². The van der Waals surface area contributed by atoms with Crippen molar-refractivity contribution in [2.45, 2.75) is 26.7 Å². The Balaban J connectivity index is 0.000000292. The second-order valence-electron chi connectivity index (χ2n) is 2.83. The monoisotopic (exact) mass is 201 g/mol. The van der Waals surface area contributed by atoms with E-state index in [0.29, 0.717) is 6.61 Å². The number of nitrogens with zero attached hydrogens (tertiary/aromatic N) is 1. The summed E-state index contributed by atoms with van der Waals surface area (Å²) in [5.41, 5.74) is 0. The lowest BCUT2D eigenvalue weighted by molar-refractivity contribution is 0.0850. The van der Waals surface area contributed by atoms with Gasteiger partial charge in [-0.2, -0.15) is 0 Å². The lowest BCUT2D eigenvalue weighted by atomic mass is 10.2. The number of rotatable bonds is 2. The summed E-state index contributed by atoms with van der Waals surface area (Å²) in [7, 11) is 0. The van der Waals surface area contributed by atoms with Gasteiger partial charge in [-0.05, 0) is 19.8 Å². The number of hydrogen-bond donors (Lipinski definition) is 1. The molecular weight excluding hydrogens is 182 g/mol. The number of hydrogen-bond acceptors (Lipinski definition) is 3. The van der Waals surface area contributed by atoms with E-state index in [1.807, 2.05) is 13.8 Å². The van der Waals surface area contributed by atoms with Gasteiger partial charge in [-0.25, -0.2) is 4.79 Å². The van der Waals surface area contributed by atoms with Crippen LogP contribution >= 0.6 is 0 Å². The van der Waals surface area contributed by atoms with Gasteiger partial charge >= 0.3 is 6.09 Å². The molecule has 1 rings (SSSR count). The smallest absolute Gasteiger partial charge is 0.409 e. The minimum Gasteiger partial charge on any atom is -0.516 e. The number of aliphatic hydroxyl groups is 1. The first-order valence-electron chi connectivity index (χ1n) is 4.97. The first-order valence-corrected chi connectivity index (χ1v) is 4.97. The van der Waals surface area contributed by atoms with Crippen LogP contribution in [0.15, 0.2) is 12.3 Å². The van der Waals surface area contributed by atoms with Crippen LogP contribution < -0.4 is 0 Å². The fourth-order valence-corrected chi connectivity index (χ4v) is 0.819. The van der Waals surface area contributed by atoms with Gasteiger partial charge < -0.3 is 14.7 Å². The third kappa shape index (κ3) is 5.45. The average Bonchev–Trinajstić information content (AvgIpc) is 2.04. The van der Waals surface area contributed by atoms with Gasteiger partial charge in [0.1, 0.15) is 0 Å². The van der Waals surface area contributed by atoms with Crippen LogP contribution in [0.25, 0.3) is 0 Å². The van der Waals surface area contributed by atoms with Crippen molar-refractivity contribution in [3.05, 3.63) is 12.3 Å². The Kier molecular flexibility index (Phi) is 7.70. The Morgan fingerprint density at radius 3 is 2.36 bits per heavy atom. The van der Waals surface area contributed by atoms with Crippen LogP contribution in [-0.2, 0) is 4.74 Å². The summed E-state index contributed by atoms with van der Waals surface area (Å²) in [6, 6.07) is 0. The highest BCUT2D eigenvalue weighted by Crippen LogP contribution is 2.06. The normalized spacial score (nSPS) is 14.3. The maximum Gasteiger partial charge on any atom is 0.409 e. The first-order chi connectivity index (χ1) is 6.76. The lowest BCUT2D eigenvalue weighted by Crippen LogP contribution is -2.42. The van der Waals surface area contributed by atoms with E-state index in [1.54, 1.807) is 11.0 Å². The van der Waals surface area contributed by atoms with Gasteiger partial charge in [0.2, 0.25) is 0 Å². The van der Waals surface area contributed by atoms with Crippen molar-refractivity contribution < 1.29 is 14.6 Å². The van der Waals surface area contributed by atoms with Crippen molar-refractivity contribution >= 4 is 6.09 Å². The molecule has 1 aliphatic rings. The number of ether oxygens (including phenoxy) is 1. The third-order valence-corrected chi connectivity index (χ3v) is 1.72. The van der Waals surface area contributed by atoms with Gasteiger partial charge in [0.05, 0.1) is 12.9 Å². The van der Waals surface area contributed by atoms with E-state index in [9.17, 15) is 4.79 Å². The number of amides is 1. The predicted molar refractivity (Wildman–Crippen MR) is 55.3 cm³/mol. The fraction of sp³-hybridized carbons (Fsp3) is 0.700. The second kappa shape index (κ2) is 8.41. The van der Waals surface area contributed by atoms with Crippen molar-refractivity contribution in [2.75, 3.05) is 19.7 Å². The highest BCUT2D eigenvalue weighted by Gasteiger charge is 2.20. The SMILES string of the molecule is CCC=CO.CCOC(=O)N1CCC1. The number of allylic oxidation sites excluding steroid dienone is 1. The molecule has 0 aromatic heterocycles. The van der Waals surface area contributed by atoms with Gasteiger partial charge in [0, 0.05) is 13.1 Å². The molecule has 0 radical (unpaired) electrons. The molecule has 0 aromatic carbocycles. The van der Waals surface area contributed by atoms with Gasteiger partial charge in [0.15, 0.2) is 0 Å². The molecule has 0 aromatic rings. The first kappa shape index (κ1) is 12.8. The summed E-state index contributed by atoms with van der Waals surface area (Å²) in [6.45, 7) is 6.01. The number of aliphatic hydroxyl groups excluding tert-OH is 1. The van der Waals surface area contributed by atoms with E-state index in [4.69, 9.17) is 9.84 Å². The molecule has 1 heterocycles. The molecule has 14 heavy (non-hydrogen) atoms. The van der Waals surface area contributed by atoms with E-state index >= 15 is 0 Å². The number of likely N-dealkylation sites (tertiary alicyclic amines) is 1. The minimum atomic E-state index is -0.163. The minimum absolute atomic E-state index is 0.163. The molecule has 0 spiro atoms. The van der Waals surface area contributed by atoms with Crippen LogP contribution in [0.3, 0.4) is 0 Å². The Bertz CT molecular complexity index is 176. The van der Waals surface area contributed by atoms with Gasteiger partial charge in [-0.3, -0.25) is 0 Å². The second-order valence-corrected chi connectivity index (χ2v) is 2.83. The standard InChI is InChI=1S/C6H11NO2.C4H8O/c1-2-9-6(8)7-4-3-5-7;1-2-3-4-5/h2-5H2,1H3;3-5H,2H2,1H3. The molecule has 1 aliphatic heterocycles. The van der Waals surface area contributed by atoms with Crippen LogP contribution in [0.5, 0.6) is 0 Å². The fourth-order valence-electron chi connectivity index (χ4n) is 0.819. The molecule has 0 atom stereocenters. The zero-order valence-corrected chi connectivity index (χ0v) is 8.90. The zero-order valence-electron chi connectivity index (χ0n) is 8.90. The van der Waals surface area contributed by atoms with Crippen molar-refractivity contribution in [3.8, 4) is 0 Å². The van der Waals surface area contributed by atoms with Gasteiger partial charge in [-0.1, -0.05) is 13.0 Å². The van der Waals surface area contributed by atoms with E-state index in [0.717, 1.165) is 32.2 Å². The van der Waals surface area contributed by atoms with Gasteiger partial charge in [0.25, 0.3) is 0 Å². The highest BCUT2D eigenvalue weighted by molar-refractivity contribution is 5.68. The Morgan fingerprint density at radius 1 is 1.50 bits per heavy atom. The predicted octanol–water partition coefficient (Wildman–Crippen LogP) is 2.32. The van der Waals surface area contributed by atoms with Crippen molar-refractivity contribution in [1.29, 1.82) is 0 Å². The van der Waals surface area contributed by atoms with Crippen LogP contribution in [0.4, 0.5) is 4.79 Å². The maximum absolute atomic E-state index is 10.7. The third-order valence-electron chi connectivity index (χ3n) is 1.72. The Morgan fingerprint density at radius 2 is 2.14 bits per heavy atom. The highest BCUT2D eigenvalue weighted by atomic mass is 16.6. The van der Waals surface area contributed by atoms with Crippen LogP contribution in [-0.4, -0.2) is 35.8 Å². The molecule has 4 heteroatoms. The van der Waals surface area contributed by atoms with Crippen molar-refractivity contribution in [1.82, 2.24) is 4.90 Å².